The largest absolute Gasteiger partial charge is 0.493 e. The molecule has 0 unspecified atom stereocenters. The molecule has 2 heterocycles. The van der Waals surface area contributed by atoms with Crippen LogP contribution in [0.1, 0.15) is 18.2 Å². The molecule has 140 valence electrons. The molecule has 0 aliphatic carbocycles. The first-order chi connectivity index (χ1) is 13.0. The van der Waals surface area contributed by atoms with Gasteiger partial charge in [0.25, 0.3) is 5.91 Å². The molecule has 1 aromatic heterocycles. The summed E-state index contributed by atoms with van der Waals surface area (Å²) >= 11 is 8.78. The fourth-order valence-corrected chi connectivity index (χ4v) is 4.68. The number of ether oxygens (including phenoxy) is 2. The van der Waals surface area contributed by atoms with Gasteiger partial charge in [0.2, 0.25) is 0 Å². The highest BCUT2D eigenvalue weighted by Gasteiger charge is 2.30. The van der Waals surface area contributed by atoms with E-state index in [0.717, 1.165) is 14.8 Å². The van der Waals surface area contributed by atoms with Gasteiger partial charge in [-0.1, -0.05) is 30.0 Å². The first kappa shape index (κ1) is 20.1. The molecule has 5 nitrogen and oxygen atoms in total. The quantitative estimate of drug-likeness (QED) is 0.323. The first-order valence-corrected chi connectivity index (χ1v) is 10.5. The van der Waals surface area contributed by atoms with Gasteiger partial charge in [0.05, 0.1) is 21.3 Å². The Bertz CT molecular complexity index is 903. The standard InChI is InChI=1S/C19H17IN2O3S2/c1-3-22-18(23)16(27-19(22)26)10-12-8-14(20)17(15(9-12)24-2)25-11-13-6-4-5-7-21-13/h4-10H,3,11H2,1-2H3/b16-10+. The summed E-state index contributed by atoms with van der Waals surface area (Å²) in [6.45, 7) is 2.83. The van der Waals surface area contributed by atoms with Crippen molar-refractivity contribution in [2.24, 2.45) is 0 Å². The minimum Gasteiger partial charge on any atom is -0.493 e. The Morgan fingerprint density at radius 3 is 2.81 bits per heavy atom. The predicted octanol–water partition coefficient (Wildman–Crippen LogP) is 4.49. The van der Waals surface area contributed by atoms with Crippen LogP contribution in [0.25, 0.3) is 6.08 Å². The molecule has 2 aromatic rings. The van der Waals surface area contributed by atoms with Crippen LogP contribution in [0.2, 0.25) is 0 Å². The number of benzene rings is 1. The van der Waals surface area contributed by atoms with E-state index >= 15 is 0 Å². The number of nitrogens with zero attached hydrogens (tertiary/aromatic N) is 2. The van der Waals surface area contributed by atoms with Gasteiger partial charge in [-0.2, -0.15) is 0 Å². The van der Waals surface area contributed by atoms with E-state index in [1.54, 1.807) is 18.2 Å². The van der Waals surface area contributed by atoms with Crippen LogP contribution in [0.5, 0.6) is 11.5 Å². The van der Waals surface area contributed by atoms with Crippen molar-refractivity contribution >= 4 is 62.9 Å². The predicted molar refractivity (Wildman–Crippen MR) is 120 cm³/mol. The van der Waals surface area contributed by atoms with Crippen molar-refractivity contribution in [2.45, 2.75) is 13.5 Å². The van der Waals surface area contributed by atoms with E-state index in [2.05, 4.69) is 27.6 Å². The van der Waals surface area contributed by atoms with Gasteiger partial charge >= 0.3 is 0 Å². The number of rotatable bonds is 6. The number of hydrogen-bond donors (Lipinski definition) is 0. The van der Waals surface area contributed by atoms with Gasteiger partial charge in [-0.3, -0.25) is 14.7 Å². The Kier molecular flexibility index (Phi) is 6.72. The number of methoxy groups -OCH3 is 1. The van der Waals surface area contributed by atoms with Crippen molar-refractivity contribution < 1.29 is 14.3 Å². The third-order valence-corrected chi connectivity index (χ3v) is 6.01. The van der Waals surface area contributed by atoms with Gasteiger partial charge in [0.15, 0.2) is 11.5 Å². The fraction of sp³-hybridized carbons (Fsp3) is 0.211. The van der Waals surface area contributed by atoms with Gasteiger partial charge < -0.3 is 9.47 Å². The normalized spacial score (nSPS) is 15.5. The van der Waals surface area contributed by atoms with Crippen molar-refractivity contribution in [3.8, 4) is 11.5 Å². The van der Waals surface area contributed by atoms with Crippen LogP contribution >= 0.6 is 46.6 Å². The number of thiocarbonyl (C=S) groups is 1. The van der Waals surface area contributed by atoms with Crippen molar-refractivity contribution in [2.75, 3.05) is 13.7 Å². The van der Waals surface area contributed by atoms with Gasteiger partial charge in [0.1, 0.15) is 10.9 Å². The molecule has 1 fully saturated rings. The number of halogens is 1. The number of carbonyl (C=O) groups excluding carboxylic acids is 1. The second kappa shape index (κ2) is 9.03. The van der Waals surface area contributed by atoms with E-state index in [-0.39, 0.29) is 5.91 Å². The van der Waals surface area contributed by atoms with Gasteiger partial charge in [-0.25, -0.2) is 0 Å². The molecule has 1 aliphatic heterocycles. The number of aromatic nitrogens is 1. The summed E-state index contributed by atoms with van der Waals surface area (Å²) in [5.74, 6) is 1.20. The lowest BCUT2D eigenvalue weighted by Crippen LogP contribution is -2.27. The fourth-order valence-electron chi connectivity index (χ4n) is 2.52. The first-order valence-electron chi connectivity index (χ1n) is 8.19. The minimum absolute atomic E-state index is 0.0584. The second-order valence-electron chi connectivity index (χ2n) is 5.57. The van der Waals surface area contributed by atoms with E-state index < -0.39 is 0 Å². The smallest absolute Gasteiger partial charge is 0.266 e. The molecule has 0 radical (unpaired) electrons. The molecular weight excluding hydrogens is 495 g/mol. The molecule has 0 N–H and O–H groups in total. The second-order valence-corrected chi connectivity index (χ2v) is 8.41. The lowest BCUT2D eigenvalue weighted by Gasteiger charge is -2.13. The topological polar surface area (TPSA) is 51.7 Å². The van der Waals surface area contributed by atoms with Crippen molar-refractivity contribution in [3.05, 3.63) is 56.3 Å². The molecule has 0 bridgehead atoms. The van der Waals surface area contributed by atoms with Crippen LogP contribution in [0.15, 0.2) is 41.4 Å². The molecule has 1 aliphatic rings. The highest BCUT2D eigenvalue weighted by Crippen LogP contribution is 2.37. The average Bonchev–Trinajstić information content (AvgIpc) is 2.93. The Hall–Kier alpha value is -1.65. The van der Waals surface area contributed by atoms with Gasteiger partial charge in [-0.15, -0.1) is 0 Å². The number of hydrogen-bond acceptors (Lipinski definition) is 6. The number of pyridine rings is 1. The summed E-state index contributed by atoms with van der Waals surface area (Å²) in [5.41, 5.74) is 1.70. The number of carbonyl (C=O) groups is 1. The molecule has 27 heavy (non-hydrogen) atoms. The SMILES string of the molecule is CCN1C(=O)/C(=C\c2cc(I)c(OCc3ccccn3)c(OC)c2)SC1=S. The van der Waals surface area contributed by atoms with Crippen LogP contribution in [0, 0.1) is 3.57 Å². The van der Waals surface area contributed by atoms with Crippen LogP contribution in [-0.4, -0.2) is 33.8 Å². The van der Waals surface area contributed by atoms with Gasteiger partial charge in [0, 0.05) is 12.7 Å². The monoisotopic (exact) mass is 512 g/mol. The highest BCUT2D eigenvalue weighted by molar-refractivity contribution is 14.1. The van der Waals surface area contributed by atoms with E-state index in [1.807, 2.05) is 43.3 Å². The van der Waals surface area contributed by atoms with Crippen LogP contribution in [-0.2, 0) is 11.4 Å². The Balaban J connectivity index is 1.85. The summed E-state index contributed by atoms with van der Waals surface area (Å²) in [7, 11) is 1.60. The maximum Gasteiger partial charge on any atom is 0.266 e. The Labute approximate surface area is 181 Å². The van der Waals surface area contributed by atoms with Crippen LogP contribution in [0.4, 0.5) is 0 Å². The summed E-state index contributed by atoms with van der Waals surface area (Å²) in [6.07, 6.45) is 3.57. The molecule has 1 aromatic carbocycles. The van der Waals surface area contributed by atoms with Gasteiger partial charge in [-0.05, 0) is 65.4 Å². The van der Waals surface area contributed by atoms with Crippen molar-refractivity contribution in [1.82, 2.24) is 9.88 Å². The lowest BCUT2D eigenvalue weighted by atomic mass is 10.2. The maximum absolute atomic E-state index is 12.4. The van der Waals surface area contributed by atoms with E-state index in [4.69, 9.17) is 21.7 Å². The number of thioether (sulfide) groups is 1. The molecule has 0 atom stereocenters. The summed E-state index contributed by atoms with van der Waals surface area (Å²) in [4.78, 5) is 18.9. The molecule has 8 heteroatoms. The van der Waals surface area contributed by atoms with E-state index in [0.29, 0.717) is 33.9 Å². The number of amides is 1. The molecule has 3 rings (SSSR count). The van der Waals surface area contributed by atoms with E-state index in [9.17, 15) is 4.79 Å². The molecule has 1 amide bonds. The minimum atomic E-state index is -0.0584. The Morgan fingerprint density at radius 1 is 1.37 bits per heavy atom. The average molecular weight is 512 g/mol. The van der Waals surface area contributed by atoms with Crippen molar-refractivity contribution in [3.63, 3.8) is 0 Å². The van der Waals surface area contributed by atoms with Crippen molar-refractivity contribution in [1.29, 1.82) is 0 Å². The van der Waals surface area contributed by atoms with Crippen LogP contribution in [0.3, 0.4) is 0 Å². The molecule has 0 saturated carbocycles. The zero-order chi connectivity index (χ0) is 19.4. The third kappa shape index (κ3) is 4.61. The zero-order valence-corrected chi connectivity index (χ0v) is 18.6. The molecular formula is C19H17IN2O3S2. The molecule has 1 saturated heterocycles. The zero-order valence-electron chi connectivity index (χ0n) is 14.8. The lowest BCUT2D eigenvalue weighted by molar-refractivity contribution is -0.121. The maximum atomic E-state index is 12.4. The summed E-state index contributed by atoms with van der Waals surface area (Å²) in [5, 5.41) is 0. The highest BCUT2D eigenvalue weighted by atomic mass is 127. The Morgan fingerprint density at radius 2 is 2.19 bits per heavy atom. The van der Waals surface area contributed by atoms with Crippen LogP contribution < -0.4 is 9.47 Å². The third-order valence-electron chi connectivity index (χ3n) is 3.83. The summed E-state index contributed by atoms with van der Waals surface area (Å²) in [6, 6.07) is 9.50. The van der Waals surface area contributed by atoms with E-state index in [1.165, 1.54) is 11.8 Å². The number of likely N-dealkylation sites (N-methyl/N-ethyl adjacent to an activating group) is 1. The summed E-state index contributed by atoms with van der Waals surface area (Å²) < 4.78 is 12.9. The molecule has 0 spiro atoms.